The Kier molecular flexibility index (Phi) is 4.02. The van der Waals surface area contributed by atoms with Gasteiger partial charge < -0.3 is 9.64 Å². The number of pyridine rings is 1. The first-order valence-electron chi connectivity index (χ1n) is 7.36. The SMILES string of the molecule is CCc1nc(C2CN(c3nccc(C)c3C#N)CCO2)n[nH]1. The zero-order chi connectivity index (χ0) is 15.5. The molecule has 1 N–H and O–H groups in total. The van der Waals surface area contributed by atoms with Crippen molar-refractivity contribution in [2.45, 2.75) is 26.4 Å². The van der Waals surface area contributed by atoms with Gasteiger partial charge in [0.05, 0.1) is 18.7 Å². The Morgan fingerprint density at radius 1 is 1.55 bits per heavy atom. The number of aryl methyl sites for hydroxylation is 2. The number of nitrogens with zero attached hydrogens (tertiary/aromatic N) is 5. The Bertz CT molecular complexity index is 704. The number of H-pyrrole nitrogens is 1. The number of hydrogen-bond acceptors (Lipinski definition) is 6. The molecule has 1 aliphatic rings. The summed E-state index contributed by atoms with van der Waals surface area (Å²) in [6.45, 7) is 5.79. The highest BCUT2D eigenvalue weighted by atomic mass is 16.5. The maximum atomic E-state index is 9.37. The maximum absolute atomic E-state index is 9.37. The van der Waals surface area contributed by atoms with Gasteiger partial charge in [0.15, 0.2) is 5.82 Å². The molecule has 7 heteroatoms. The van der Waals surface area contributed by atoms with Crippen molar-refractivity contribution in [3.8, 4) is 6.07 Å². The summed E-state index contributed by atoms with van der Waals surface area (Å²) in [6, 6.07) is 4.10. The van der Waals surface area contributed by atoms with Crippen LogP contribution in [0.15, 0.2) is 12.3 Å². The van der Waals surface area contributed by atoms with Crippen molar-refractivity contribution < 1.29 is 4.74 Å². The van der Waals surface area contributed by atoms with Gasteiger partial charge in [0.25, 0.3) is 0 Å². The van der Waals surface area contributed by atoms with E-state index in [0.29, 0.717) is 36.9 Å². The summed E-state index contributed by atoms with van der Waals surface area (Å²) in [5.41, 5.74) is 1.55. The van der Waals surface area contributed by atoms with Gasteiger partial charge in [-0.25, -0.2) is 9.97 Å². The molecule has 0 aromatic carbocycles. The molecule has 1 aliphatic heterocycles. The van der Waals surface area contributed by atoms with Gasteiger partial charge in [-0.15, -0.1) is 0 Å². The Morgan fingerprint density at radius 2 is 2.41 bits per heavy atom. The van der Waals surface area contributed by atoms with Crippen molar-refractivity contribution in [2.24, 2.45) is 0 Å². The lowest BCUT2D eigenvalue weighted by atomic mass is 10.1. The molecule has 3 heterocycles. The van der Waals surface area contributed by atoms with Crippen LogP contribution in [0.3, 0.4) is 0 Å². The molecule has 7 nitrogen and oxygen atoms in total. The minimum absolute atomic E-state index is 0.209. The van der Waals surface area contributed by atoms with Crippen LogP contribution in [0.2, 0.25) is 0 Å². The summed E-state index contributed by atoms with van der Waals surface area (Å²) < 4.78 is 5.78. The topological polar surface area (TPSA) is 90.7 Å². The largest absolute Gasteiger partial charge is 0.366 e. The van der Waals surface area contributed by atoms with Crippen LogP contribution in [-0.4, -0.2) is 39.9 Å². The van der Waals surface area contributed by atoms with Crippen molar-refractivity contribution in [1.29, 1.82) is 5.26 Å². The second kappa shape index (κ2) is 6.12. The monoisotopic (exact) mass is 298 g/mol. The predicted octanol–water partition coefficient (Wildman–Crippen LogP) is 1.52. The first-order valence-corrected chi connectivity index (χ1v) is 7.36. The fourth-order valence-electron chi connectivity index (χ4n) is 2.53. The van der Waals surface area contributed by atoms with Crippen LogP contribution in [0.4, 0.5) is 5.82 Å². The highest BCUT2D eigenvalue weighted by Gasteiger charge is 2.27. The van der Waals surface area contributed by atoms with Gasteiger partial charge >= 0.3 is 0 Å². The van der Waals surface area contributed by atoms with E-state index in [2.05, 4.69) is 31.1 Å². The number of hydrogen-bond donors (Lipinski definition) is 1. The summed E-state index contributed by atoms with van der Waals surface area (Å²) in [5.74, 6) is 2.22. The van der Waals surface area contributed by atoms with E-state index >= 15 is 0 Å². The molecule has 2 aromatic rings. The van der Waals surface area contributed by atoms with Crippen molar-refractivity contribution in [3.05, 3.63) is 35.0 Å². The van der Waals surface area contributed by atoms with Crippen LogP contribution in [0, 0.1) is 18.3 Å². The van der Waals surface area contributed by atoms with E-state index in [9.17, 15) is 5.26 Å². The predicted molar refractivity (Wildman–Crippen MR) is 80.4 cm³/mol. The van der Waals surface area contributed by atoms with Crippen LogP contribution in [0.1, 0.15) is 35.8 Å². The zero-order valence-electron chi connectivity index (χ0n) is 12.7. The summed E-state index contributed by atoms with van der Waals surface area (Å²) in [6.07, 6.45) is 2.33. The third kappa shape index (κ3) is 2.65. The van der Waals surface area contributed by atoms with Crippen LogP contribution >= 0.6 is 0 Å². The standard InChI is InChI=1S/C15H18N6O/c1-3-13-18-14(20-19-13)12-9-21(6-7-22-12)15-11(8-16)10(2)4-5-17-15/h4-5,12H,3,6-7,9H2,1-2H3,(H,18,19,20). The fourth-order valence-corrected chi connectivity index (χ4v) is 2.53. The molecule has 3 rings (SSSR count). The number of ether oxygens (including phenoxy) is 1. The van der Waals surface area contributed by atoms with Crippen molar-refractivity contribution >= 4 is 5.82 Å². The number of morpholine rings is 1. The van der Waals surface area contributed by atoms with Gasteiger partial charge in [0.2, 0.25) is 0 Å². The van der Waals surface area contributed by atoms with E-state index in [1.54, 1.807) is 6.20 Å². The van der Waals surface area contributed by atoms with E-state index in [-0.39, 0.29) is 6.10 Å². The lowest BCUT2D eigenvalue weighted by Gasteiger charge is -2.33. The molecule has 1 saturated heterocycles. The number of rotatable bonds is 3. The highest BCUT2D eigenvalue weighted by molar-refractivity contribution is 5.57. The van der Waals surface area contributed by atoms with Crippen LogP contribution in [0.5, 0.6) is 0 Å². The van der Waals surface area contributed by atoms with Gasteiger partial charge in [-0.2, -0.15) is 10.4 Å². The molecule has 22 heavy (non-hydrogen) atoms. The smallest absolute Gasteiger partial charge is 0.181 e. The van der Waals surface area contributed by atoms with Crippen molar-refractivity contribution in [2.75, 3.05) is 24.6 Å². The van der Waals surface area contributed by atoms with Gasteiger partial charge in [-0.3, -0.25) is 5.10 Å². The molecular weight excluding hydrogens is 280 g/mol. The normalized spacial score (nSPS) is 18.2. The fraction of sp³-hybridized carbons (Fsp3) is 0.467. The lowest BCUT2D eigenvalue weighted by Crippen LogP contribution is -2.39. The molecule has 0 amide bonds. The maximum Gasteiger partial charge on any atom is 0.181 e. The average molecular weight is 298 g/mol. The van der Waals surface area contributed by atoms with E-state index in [0.717, 1.165) is 17.8 Å². The summed E-state index contributed by atoms with van der Waals surface area (Å²) in [7, 11) is 0. The van der Waals surface area contributed by atoms with Gasteiger partial charge in [-0.1, -0.05) is 6.92 Å². The first-order chi connectivity index (χ1) is 10.7. The van der Waals surface area contributed by atoms with Gasteiger partial charge in [0, 0.05) is 19.2 Å². The summed E-state index contributed by atoms with van der Waals surface area (Å²) >= 11 is 0. The Labute approximate surface area is 129 Å². The number of aromatic nitrogens is 4. The average Bonchev–Trinajstić information content (AvgIpc) is 3.04. The third-order valence-corrected chi connectivity index (χ3v) is 3.79. The van der Waals surface area contributed by atoms with Crippen LogP contribution < -0.4 is 4.90 Å². The molecule has 0 aliphatic carbocycles. The molecule has 1 atom stereocenters. The quantitative estimate of drug-likeness (QED) is 0.924. The van der Waals surface area contributed by atoms with E-state index < -0.39 is 0 Å². The molecule has 0 radical (unpaired) electrons. The molecule has 0 bridgehead atoms. The second-order valence-electron chi connectivity index (χ2n) is 5.24. The second-order valence-corrected chi connectivity index (χ2v) is 5.24. The molecule has 1 unspecified atom stereocenters. The molecular formula is C15H18N6O. The molecule has 0 spiro atoms. The minimum atomic E-state index is -0.209. The summed E-state index contributed by atoms with van der Waals surface area (Å²) in [5, 5.41) is 16.5. The van der Waals surface area contributed by atoms with Crippen molar-refractivity contribution in [3.63, 3.8) is 0 Å². The van der Waals surface area contributed by atoms with Crippen molar-refractivity contribution in [1.82, 2.24) is 20.2 Å². The van der Waals surface area contributed by atoms with E-state index in [4.69, 9.17) is 4.74 Å². The highest BCUT2D eigenvalue weighted by Crippen LogP contribution is 2.26. The lowest BCUT2D eigenvalue weighted by molar-refractivity contribution is 0.0339. The number of nitrogens with one attached hydrogen (secondary N) is 1. The molecule has 2 aromatic heterocycles. The van der Waals surface area contributed by atoms with E-state index in [1.165, 1.54) is 0 Å². The molecule has 1 fully saturated rings. The van der Waals surface area contributed by atoms with Crippen LogP contribution in [0.25, 0.3) is 0 Å². The van der Waals surface area contributed by atoms with Crippen LogP contribution in [-0.2, 0) is 11.2 Å². The minimum Gasteiger partial charge on any atom is -0.366 e. The number of aromatic amines is 1. The first kappa shape index (κ1) is 14.5. The van der Waals surface area contributed by atoms with E-state index in [1.807, 2.05) is 19.9 Å². The Morgan fingerprint density at radius 3 is 3.14 bits per heavy atom. The van der Waals surface area contributed by atoms with Gasteiger partial charge in [0.1, 0.15) is 23.8 Å². The summed E-state index contributed by atoms with van der Waals surface area (Å²) in [4.78, 5) is 10.9. The zero-order valence-corrected chi connectivity index (χ0v) is 12.7. The number of anilines is 1. The molecule has 114 valence electrons. The Balaban J connectivity index is 1.84. The third-order valence-electron chi connectivity index (χ3n) is 3.79. The molecule has 0 saturated carbocycles. The Hall–Kier alpha value is -2.46. The number of nitriles is 1. The van der Waals surface area contributed by atoms with Gasteiger partial charge in [-0.05, 0) is 18.6 Å².